The van der Waals surface area contributed by atoms with E-state index in [1.54, 1.807) is 30.2 Å². The molecule has 2 aromatic rings. The number of methoxy groups -OCH3 is 1. The van der Waals surface area contributed by atoms with Crippen molar-refractivity contribution in [3.8, 4) is 0 Å². The molecule has 0 aliphatic carbocycles. The molecule has 0 radical (unpaired) electrons. The van der Waals surface area contributed by atoms with Crippen LogP contribution in [0, 0.1) is 13.8 Å². The number of amides is 1. The molecule has 0 spiro atoms. The summed E-state index contributed by atoms with van der Waals surface area (Å²) in [6.07, 6.45) is 0. The van der Waals surface area contributed by atoms with Crippen LogP contribution in [0.4, 0.5) is 5.69 Å². The van der Waals surface area contributed by atoms with E-state index in [0.717, 1.165) is 11.4 Å². The minimum atomic E-state index is -0.278. The van der Waals surface area contributed by atoms with E-state index >= 15 is 0 Å². The van der Waals surface area contributed by atoms with Crippen LogP contribution in [-0.4, -0.2) is 54.5 Å². The van der Waals surface area contributed by atoms with Gasteiger partial charge in [0.05, 0.1) is 35.4 Å². The number of nitrogens with one attached hydrogen (secondary N) is 1. The van der Waals surface area contributed by atoms with Crippen LogP contribution in [0.5, 0.6) is 0 Å². The zero-order valence-corrected chi connectivity index (χ0v) is 18.7. The van der Waals surface area contributed by atoms with Gasteiger partial charge in [-0.3, -0.25) is 14.5 Å². The molecule has 158 valence electrons. The van der Waals surface area contributed by atoms with Crippen molar-refractivity contribution >= 4 is 40.6 Å². The summed E-state index contributed by atoms with van der Waals surface area (Å²) >= 11 is 12.2. The number of anilines is 1. The molecule has 1 amide bonds. The Hall–Kier alpha value is -1.86. The molecule has 0 aliphatic heterocycles. The zero-order chi connectivity index (χ0) is 21.6. The van der Waals surface area contributed by atoms with Crippen LogP contribution >= 0.6 is 23.2 Å². The van der Waals surface area contributed by atoms with E-state index in [-0.39, 0.29) is 24.8 Å². The van der Waals surface area contributed by atoms with Gasteiger partial charge in [-0.25, -0.2) is 0 Å². The van der Waals surface area contributed by atoms with Crippen LogP contribution in [0.2, 0.25) is 10.0 Å². The van der Waals surface area contributed by atoms with Gasteiger partial charge in [0, 0.05) is 30.6 Å². The third kappa shape index (κ3) is 6.06. The number of rotatable bonds is 10. The molecule has 2 rings (SSSR count). The molecule has 8 heteroatoms. The van der Waals surface area contributed by atoms with E-state index in [9.17, 15) is 9.59 Å². The second-order valence-electron chi connectivity index (χ2n) is 6.80. The van der Waals surface area contributed by atoms with Crippen molar-refractivity contribution in [3.63, 3.8) is 0 Å². The van der Waals surface area contributed by atoms with Gasteiger partial charge in [0.25, 0.3) is 0 Å². The Labute approximate surface area is 181 Å². The highest BCUT2D eigenvalue weighted by molar-refractivity contribution is 6.39. The summed E-state index contributed by atoms with van der Waals surface area (Å²) < 4.78 is 7.21. The monoisotopic (exact) mass is 439 g/mol. The number of aryl methyl sites for hydroxylation is 1. The summed E-state index contributed by atoms with van der Waals surface area (Å²) in [4.78, 5) is 27.1. The van der Waals surface area contributed by atoms with Crippen LogP contribution in [0.1, 0.15) is 28.7 Å². The molecule has 1 heterocycles. The Morgan fingerprint density at radius 1 is 1.17 bits per heavy atom. The summed E-state index contributed by atoms with van der Waals surface area (Å²) in [6, 6.07) is 6.91. The fourth-order valence-corrected chi connectivity index (χ4v) is 3.67. The molecule has 0 saturated carbocycles. The maximum Gasteiger partial charge on any atom is 0.238 e. The number of carbonyl (C=O) groups excluding carboxylic acids is 2. The first-order chi connectivity index (χ1) is 13.8. The maximum atomic E-state index is 12.9. The largest absolute Gasteiger partial charge is 0.383 e. The van der Waals surface area contributed by atoms with E-state index < -0.39 is 0 Å². The molecule has 29 heavy (non-hydrogen) atoms. The number of Topliss-reactive ketones (excluding diaryl/α,β-unsaturated/α-hetero) is 1. The molecule has 0 fully saturated rings. The minimum absolute atomic E-state index is 0.0211. The number of aromatic nitrogens is 1. The second kappa shape index (κ2) is 10.8. The molecular weight excluding hydrogens is 413 g/mol. The van der Waals surface area contributed by atoms with Crippen molar-refractivity contribution < 1.29 is 14.3 Å². The first-order valence-electron chi connectivity index (χ1n) is 9.43. The predicted molar refractivity (Wildman–Crippen MR) is 117 cm³/mol. The Kier molecular flexibility index (Phi) is 8.71. The maximum absolute atomic E-state index is 12.9. The van der Waals surface area contributed by atoms with E-state index in [0.29, 0.717) is 41.0 Å². The van der Waals surface area contributed by atoms with E-state index in [4.69, 9.17) is 27.9 Å². The van der Waals surface area contributed by atoms with E-state index in [1.165, 1.54) is 0 Å². The highest BCUT2D eigenvalue weighted by Crippen LogP contribution is 2.29. The highest BCUT2D eigenvalue weighted by atomic mass is 35.5. The van der Waals surface area contributed by atoms with Gasteiger partial charge in [-0.2, -0.15) is 0 Å². The highest BCUT2D eigenvalue weighted by Gasteiger charge is 2.20. The summed E-state index contributed by atoms with van der Waals surface area (Å²) in [5, 5.41) is 3.47. The lowest BCUT2D eigenvalue weighted by Crippen LogP contribution is -2.37. The lowest BCUT2D eigenvalue weighted by molar-refractivity contribution is -0.117. The summed E-state index contributed by atoms with van der Waals surface area (Å²) in [5.74, 6) is -0.299. The van der Waals surface area contributed by atoms with Crippen molar-refractivity contribution in [2.45, 2.75) is 27.3 Å². The summed E-state index contributed by atoms with van der Waals surface area (Å²) in [5.41, 5.74) is 2.97. The normalized spacial score (nSPS) is 11.1. The average Bonchev–Trinajstić information content (AvgIpc) is 2.96. The molecule has 1 aromatic heterocycles. The number of ether oxygens (including phenoxy) is 1. The third-order valence-electron chi connectivity index (χ3n) is 4.80. The van der Waals surface area contributed by atoms with Gasteiger partial charge in [0.15, 0.2) is 5.78 Å². The molecule has 0 saturated heterocycles. The van der Waals surface area contributed by atoms with Crippen LogP contribution in [0.3, 0.4) is 0 Å². The molecule has 6 nitrogen and oxygen atoms in total. The zero-order valence-electron chi connectivity index (χ0n) is 17.2. The Morgan fingerprint density at radius 3 is 2.41 bits per heavy atom. The fraction of sp³-hybridized carbons (Fsp3) is 0.429. The molecule has 0 bridgehead atoms. The van der Waals surface area contributed by atoms with Gasteiger partial charge in [0.1, 0.15) is 0 Å². The molecule has 0 atom stereocenters. The van der Waals surface area contributed by atoms with Crippen molar-refractivity contribution in [2.75, 3.05) is 38.7 Å². The fourth-order valence-electron chi connectivity index (χ4n) is 3.18. The number of hydrogen-bond donors (Lipinski definition) is 1. The molecule has 0 unspecified atom stereocenters. The number of halogens is 2. The number of hydrogen-bond acceptors (Lipinski definition) is 4. The lowest BCUT2D eigenvalue weighted by atomic mass is 10.1. The van der Waals surface area contributed by atoms with Crippen LogP contribution < -0.4 is 5.32 Å². The SMILES string of the molecule is CCN(CC(=O)Nc1c(Cl)cccc1Cl)CC(=O)c1cc(C)n(CCOC)c1C. The average molecular weight is 440 g/mol. The standard InChI is InChI=1S/C21H27Cl2N3O3/c1-5-25(13-20(28)24-21-17(22)7-6-8-18(21)23)12-19(27)16-11-14(2)26(15(16)3)9-10-29-4/h6-8,11H,5,9-10,12-13H2,1-4H3,(H,24,28). The van der Waals surface area contributed by atoms with E-state index in [2.05, 4.69) is 9.88 Å². The Bertz CT molecular complexity index is 860. The topological polar surface area (TPSA) is 63.6 Å². The number of benzene rings is 1. The summed E-state index contributed by atoms with van der Waals surface area (Å²) in [6.45, 7) is 7.84. The molecule has 1 aromatic carbocycles. The van der Waals surface area contributed by atoms with Gasteiger partial charge < -0.3 is 14.6 Å². The molecule has 0 aliphatic rings. The Morgan fingerprint density at radius 2 is 1.83 bits per heavy atom. The first kappa shape index (κ1) is 23.4. The smallest absolute Gasteiger partial charge is 0.238 e. The number of likely N-dealkylation sites (N-methyl/N-ethyl adjacent to an activating group) is 1. The Balaban J connectivity index is 2.04. The van der Waals surface area contributed by atoms with Crippen LogP contribution in [0.15, 0.2) is 24.3 Å². The van der Waals surface area contributed by atoms with Gasteiger partial charge >= 0.3 is 0 Å². The van der Waals surface area contributed by atoms with E-state index in [1.807, 2.05) is 26.8 Å². The van der Waals surface area contributed by atoms with Crippen molar-refractivity contribution in [1.82, 2.24) is 9.47 Å². The quantitative estimate of drug-likeness (QED) is 0.563. The number of ketones is 1. The first-order valence-corrected chi connectivity index (χ1v) is 10.2. The van der Waals surface area contributed by atoms with Crippen LogP contribution in [-0.2, 0) is 16.1 Å². The van der Waals surface area contributed by atoms with Gasteiger partial charge in [-0.05, 0) is 38.6 Å². The van der Waals surface area contributed by atoms with Gasteiger partial charge in [-0.1, -0.05) is 36.2 Å². The third-order valence-corrected chi connectivity index (χ3v) is 5.43. The minimum Gasteiger partial charge on any atom is -0.383 e. The van der Waals surface area contributed by atoms with Crippen molar-refractivity contribution in [2.24, 2.45) is 0 Å². The van der Waals surface area contributed by atoms with Gasteiger partial charge in [0.2, 0.25) is 5.91 Å². The van der Waals surface area contributed by atoms with Crippen molar-refractivity contribution in [3.05, 3.63) is 51.3 Å². The molecular formula is C21H27Cl2N3O3. The second-order valence-corrected chi connectivity index (χ2v) is 7.61. The predicted octanol–water partition coefficient (Wildman–Crippen LogP) is 4.20. The lowest BCUT2D eigenvalue weighted by Gasteiger charge is -2.19. The number of carbonyl (C=O) groups is 2. The van der Waals surface area contributed by atoms with Gasteiger partial charge in [-0.15, -0.1) is 0 Å². The van der Waals surface area contributed by atoms with Crippen molar-refractivity contribution in [1.29, 1.82) is 0 Å². The summed E-state index contributed by atoms with van der Waals surface area (Å²) in [7, 11) is 1.65. The number of para-hydroxylation sites is 1. The molecule has 1 N–H and O–H groups in total. The van der Waals surface area contributed by atoms with Crippen LogP contribution in [0.25, 0.3) is 0 Å². The number of nitrogens with zero attached hydrogens (tertiary/aromatic N) is 2.